The standard InChI is InChI=1S/C49H82N2O2/c1-3-5-7-9-11-13-15-17-19-21-23-25-27-29-31-33-39-49(40-34-32-30-28-26-24-22-20-18-16-14-12-10-8-6-4-2)52-47-38-43-51(45-48(47)53-49)42-37-46-36-35-41-50-44-46/h11-14,17-20,35-36,41,44,47-48H,3-10,15-16,21-34,37-40,42-43,45H2,1-2H3/b13-11-,14-12-,19-17-,20-18-/t47-,48-/m1/s1. The summed E-state index contributed by atoms with van der Waals surface area (Å²) in [6, 6.07) is 4.24. The highest BCUT2D eigenvalue weighted by Gasteiger charge is 2.48. The number of hydrogen-bond acceptors (Lipinski definition) is 4. The fraction of sp³-hybridized carbons (Fsp3) is 0.735. The van der Waals surface area contributed by atoms with Gasteiger partial charge in [-0.15, -0.1) is 0 Å². The number of unbranched alkanes of at least 4 members (excludes halogenated alkanes) is 18. The maximum Gasteiger partial charge on any atom is 0.169 e. The van der Waals surface area contributed by atoms with Gasteiger partial charge in [0.2, 0.25) is 0 Å². The highest BCUT2D eigenvalue weighted by Crippen LogP contribution is 2.40. The molecule has 0 spiro atoms. The van der Waals surface area contributed by atoms with Crippen LogP contribution < -0.4 is 0 Å². The van der Waals surface area contributed by atoms with Gasteiger partial charge in [0, 0.05) is 44.9 Å². The molecule has 4 heteroatoms. The van der Waals surface area contributed by atoms with E-state index in [0.717, 1.165) is 58.2 Å². The largest absolute Gasteiger partial charge is 0.344 e. The number of piperidine rings is 1. The van der Waals surface area contributed by atoms with Gasteiger partial charge in [0.15, 0.2) is 5.79 Å². The van der Waals surface area contributed by atoms with E-state index >= 15 is 0 Å². The molecular weight excluding hydrogens is 649 g/mol. The Hall–Kier alpha value is -2.01. The zero-order chi connectivity index (χ0) is 37.3. The second-order valence-corrected chi connectivity index (χ2v) is 16.1. The first-order chi connectivity index (χ1) is 26.2. The minimum Gasteiger partial charge on any atom is -0.344 e. The van der Waals surface area contributed by atoms with Gasteiger partial charge in [-0.05, 0) is 102 Å². The molecule has 2 fully saturated rings. The lowest BCUT2D eigenvalue weighted by atomic mass is 9.98. The molecule has 300 valence electrons. The molecule has 0 aliphatic carbocycles. The summed E-state index contributed by atoms with van der Waals surface area (Å²) in [5.41, 5.74) is 1.32. The fourth-order valence-electron chi connectivity index (χ4n) is 7.95. The molecular formula is C49H82N2O2. The third kappa shape index (κ3) is 22.2. The van der Waals surface area contributed by atoms with Crippen molar-refractivity contribution in [1.82, 2.24) is 9.88 Å². The number of nitrogens with zero attached hydrogens (tertiary/aromatic N) is 2. The lowest BCUT2D eigenvalue weighted by molar-refractivity contribution is -0.185. The first-order valence-electron chi connectivity index (χ1n) is 22.8. The molecule has 0 unspecified atom stereocenters. The summed E-state index contributed by atoms with van der Waals surface area (Å²) in [6.45, 7) is 7.72. The molecule has 0 bridgehead atoms. The Kier molecular flexibility index (Phi) is 26.7. The molecule has 0 aromatic carbocycles. The van der Waals surface area contributed by atoms with E-state index < -0.39 is 0 Å². The Balaban J connectivity index is 1.31. The van der Waals surface area contributed by atoms with Crippen LogP contribution in [0.15, 0.2) is 73.1 Å². The molecule has 53 heavy (non-hydrogen) atoms. The lowest BCUT2D eigenvalue weighted by Gasteiger charge is -2.32. The van der Waals surface area contributed by atoms with Crippen LogP contribution in [0.4, 0.5) is 0 Å². The molecule has 2 aliphatic rings. The van der Waals surface area contributed by atoms with Crippen LogP contribution in [-0.4, -0.2) is 47.5 Å². The third-order valence-electron chi connectivity index (χ3n) is 11.3. The van der Waals surface area contributed by atoms with E-state index in [2.05, 4.69) is 78.4 Å². The maximum atomic E-state index is 6.98. The Morgan fingerprint density at radius 1 is 0.623 bits per heavy atom. The Morgan fingerprint density at radius 3 is 1.62 bits per heavy atom. The summed E-state index contributed by atoms with van der Waals surface area (Å²) in [5.74, 6) is -0.362. The van der Waals surface area contributed by atoms with E-state index in [1.165, 1.54) is 147 Å². The summed E-state index contributed by atoms with van der Waals surface area (Å²) >= 11 is 0. The van der Waals surface area contributed by atoms with Crippen molar-refractivity contribution >= 4 is 0 Å². The molecule has 0 amide bonds. The van der Waals surface area contributed by atoms with Gasteiger partial charge in [-0.2, -0.15) is 0 Å². The molecule has 2 saturated heterocycles. The van der Waals surface area contributed by atoms with E-state index in [1.54, 1.807) is 0 Å². The number of allylic oxidation sites excluding steroid dienone is 8. The lowest BCUT2D eigenvalue weighted by Crippen LogP contribution is -2.45. The number of hydrogen-bond donors (Lipinski definition) is 0. The first-order valence-corrected chi connectivity index (χ1v) is 22.8. The number of fused-ring (bicyclic) bond motifs is 1. The van der Waals surface area contributed by atoms with Crippen molar-refractivity contribution in [2.24, 2.45) is 0 Å². The van der Waals surface area contributed by atoms with Gasteiger partial charge in [0.1, 0.15) is 0 Å². The predicted octanol–water partition coefficient (Wildman–Crippen LogP) is 14.2. The van der Waals surface area contributed by atoms with Crippen molar-refractivity contribution in [3.05, 3.63) is 78.7 Å². The SMILES string of the molecule is CCCCC/C=C\C/C=C\CCCCCCCCC1(CCCCCCCC/C=C\C/C=C\CCCCC)O[C@@H]2CCN(CCc3cccnc3)C[C@H]2O1. The van der Waals surface area contributed by atoms with Crippen molar-refractivity contribution in [2.75, 3.05) is 19.6 Å². The predicted molar refractivity (Wildman–Crippen MR) is 229 cm³/mol. The van der Waals surface area contributed by atoms with E-state index in [4.69, 9.17) is 9.47 Å². The van der Waals surface area contributed by atoms with Gasteiger partial charge >= 0.3 is 0 Å². The van der Waals surface area contributed by atoms with E-state index in [9.17, 15) is 0 Å². The van der Waals surface area contributed by atoms with Crippen LogP contribution in [0.2, 0.25) is 0 Å². The number of ether oxygens (including phenoxy) is 2. The van der Waals surface area contributed by atoms with Crippen molar-refractivity contribution in [2.45, 2.75) is 212 Å². The van der Waals surface area contributed by atoms with E-state index in [-0.39, 0.29) is 18.0 Å². The molecule has 0 N–H and O–H groups in total. The van der Waals surface area contributed by atoms with Gasteiger partial charge in [0.05, 0.1) is 12.2 Å². The topological polar surface area (TPSA) is 34.6 Å². The normalized spacial score (nSPS) is 19.1. The van der Waals surface area contributed by atoms with E-state index in [1.807, 2.05) is 18.5 Å². The van der Waals surface area contributed by atoms with Crippen LogP contribution in [0.5, 0.6) is 0 Å². The van der Waals surface area contributed by atoms with Crippen molar-refractivity contribution in [3.63, 3.8) is 0 Å². The van der Waals surface area contributed by atoms with Gasteiger partial charge in [-0.25, -0.2) is 0 Å². The average molecular weight is 731 g/mol. The second-order valence-electron chi connectivity index (χ2n) is 16.1. The molecule has 2 aliphatic heterocycles. The van der Waals surface area contributed by atoms with Gasteiger partial charge in [-0.1, -0.05) is 146 Å². The summed E-state index contributed by atoms with van der Waals surface area (Å²) < 4.78 is 13.9. The zero-order valence-electron chi connectivity index (χ0n) is 34.7. The number of aromatic nitrogens is 1. The minimum absolute atomic E-state index is 0.215. The van der Waals surface area contributed by atoms with Crippen LogP contribution in [0.1, 0.15) is 193 Å². The van der Waals surface area contributed by atoms with E-state index in [0.29, 0.717) is 0 Å². The first kappa shape index (κ1) is 45.4. The monoisotopic (exact) mass is 731 g/mol. The van der Waals surface area contributed by atoms with Crippen molar-refractivity contribution in [3.8, 4) is 0 Å². The Morgan fingerprint density at radius 2 is 1.11 bits per heavy atom. The number of rotatable bonds is 33. The van der Waals surface area contributed by atoms with Gasteiger partial charge in [-0.3, -0.25) is 4.98 Å². The highest BCUT2D eigenvalue weighted by atomic mass is 16.8. The van der Waals surface area contributed by atoms with Crippen LogP contribution in [0.3, 0.4) is 0 Å². The smallest absolute Gasteiger partial charge is 0.169 e. The Labute approximate surface area is 328 Å². The Bertz CT molecular complexity index is 1050. The quantitative estimate of drug-likeness (QED) is 0.0533. The molecule has 3 rings (SSSR count). The highest BCUT2D eigenvalue weighted by molar-refractivity contribution is 5.09. The summed E-state index contributed by atoms with van der Waals surface area (Å²) in [4.78, 5) is 6.90. The number of likely N-dealkylation sites (tertiary alicyclic amines) is 1. The summed E-state index contributed by atoms with van der Waals surface area (Å²) in [7, 11) is 0. The molecule has 4 nitrogen and oxygen atoms in total. The molecule has 2 atom stereocenters. The van der Waals surface area contributed by atoms with Crippen LogP contribution in [0, 0.1) is 0 Å². The second kappa shape index (κ2) is 31.2. The third-order valence-corrected chi connectivity index (χ3v) is 11.3. The fourth-order valence-corrected chi connectivity index (χ4v) is 7.95. The van der Waals surface area contributed by atoms with Crippen LogP contribution in [0.25, 0.3) is 0 Å². The average Bonchev–Trinajstić information content (AvgIpc) is 3.55. The molecule has 0 saturated carbocycles. The van der Waals surface area contributed by atoms with Crippen LogP contribution >= 0.6 is 0 Å². The van der Waals surface area contributed by atoms with Crippen LogP contribution in [-0.2, 0) is 15.9 Å². The maximum absolute atomic E-state index is 6.98. The summed E-state index contributed by atoms with van der Waals surface area (Å²) in [6.07, 6.45) is 58.3. The van der Waals surface area contributed by atoms with Crippen molar-refractivity contribution in [1.29, 1.82) is 0 Å². The molecule has 1 aromatic rings. The van der Waals surface area contributed by atoms with Gasteiger partial charge < -0.3 is 14.4 Å². The zero-order valence-corrected chi connectivity index (χ0v) is 34.7. The molecule has 0 radical (unpaired) electrons. The van der Waals surface area contributed by atoms with Gasteiger partial charge in [0.25, 0.3) is 0 Å². The molecule has 1 aromatic heterocycles. The molecule has 3 heterocycles. The number of pyridine rings is 1. The minimum atomic E-state index is -0.362. The van der Waals surface area contributed by atoms with Crippen molar-refractivity contribution < 1.29 is 9.47 Å². The summed E-state index contributed by atoms with van der Waals surface area (Å²) in [5, 5.41) is 0.